The third-order valence-corrected chi connectivity index (χ3v) is 6.33. The van der Waals surface area contributed by atoms with Crippen LogP contribution in [0.1, 0.15) is 25.9 Å². The number of hydrogen-bond acceptors (Lipinski definition) is 6. The summed E-state index contributed by atoms with van der Waals surface area (Å²) in [5.41, 5.74) is -0.792. The molecule has 0 saturated carbocycles. The van der Waals surface area contributed by atoms with Crippen LogP contribution in [0.25, 0.3) is 0 Å². The second-order valence-corrected chi connectivity index (χ2v) is 8.96. The van der Waals surface area contributed by atoms with Crippen LogP contribution < -0.4 is 10.1 Å². The summed E-state index contributed by atoms with van der Waals surface area (Å²) < 4.78 is 81.3. The minimum absolute atomic E-state index is 0.0693. The molecule has 1 aliphatic heterocycles. The summed E-state index contributed by atoms with van der Waals surface area (Å²) in [5.74, 6) is -1.33. The Morgan fingerprint density at radius 1 is 1.12 bits per heavy atom. The zero-order chi connectivity index (χ0) is 24.9. The van der Waals surface area contributed by atoms with Gasteiger partial charge in [0.1, 0.15) is 10.6 Å². The average molecular weight is 511 g/mol. The molecule has 3 rings (SSSR count). The molecule has 2 heterocycles. The largest absolute Gasteiger partial charge is 0.573 e. The Kier molecular flexibility index (Phi) is 8.42. The maximum atomic E-state index is 13.5. The summed E-state index contributed by atoms with van der Waals surface area (Å²) in [5, 5.41) is 2.63. The number of nitrogens with zero attached hydrogens (tertiary/aromatic N) is 3. The molecule has 0 atom stereocenters. The number of ether oxygens (including phenoxy) is 1. The fourth-order valence-corrected chi connectivity index (χ4v) is 4.43. The van der Waals surface area contributed by atoms with Gasteiger partial charge in [-0.1, -0.05) is 12.1 Å². The van der Waals surface area contributed by atoms with Crippen molar-refractivity contribution < 1.29 is 35.9 Å². The fraction of sp³-hybridized carbons (Fsp3) is 0.524. The van der Waals surface area contributed by atoms with Crippen LogP contribution in [-0.4, -0.2) is 73.4 Å². The number of rotatable bonds is 8. The number of amides is 1. The maximum Gasteiger partial charge on any atom is 0.573 e. The van der Waals surface area contributed by atoms with Gasteiger partial charge in [-0.25, -0.2) is 4.98 Å². The molecule has 1 N–H and O–H groups in total. The highest BCUT2D eigenvalue weighted by molar-refractivity contribution is 7.13. The quantitative estimate of drug-likeness (QED) is 0.548. The second kappa shape index (κ2) is 10.9. The van der Waals surface area contributed by atoms with Crippen molar-refractivity contribution >= 4 is 17.2 Å². The Hall–Kier alpha value is -2.38. The van der Waals surface area contributed by atoms with E-state index in [1.165, 1.54) is 12.1 Å². The topological polar surface area (TPSA) is 57.7 Å². The minimum Gasteiger partial charge on any atom is -0.406 e. The van der Waals surface area contributed by atoms with Gasteiger partial charge in [-0.15, -0.1) is 24.5 Å². The lowest BCUT2D eigenvalue weighted by atomic mass is 10.1. The molecule has 0 aliphatic carbocycles. The molecule has 188 valence electrons. The number of nitrogens with one attached hydrogen (secondary N) is 1. The standard InChI is InChI=1S/C21H24F6N4O2S/c1-30-9-11-31(12-10-30)8-6-16-29-18(20(22,23)24)17(34-16)19(32)28-7-5-14-3-2-4-15(13-14)33-21(25,26)27/h2-4,13H,5-12H2,1H3,(H,28,32). The number of benzene rings is 1. The first-order chi connectivity index (χ1) is 15.9. The van der Waals surface area contributed by atoms with E-state index in [9.17, 15) is 31.1 Å². The molecule has 1 aromatic carbocycles. The number of piperazine rings is 1. The summed E-state index contributed by atoms with van der Waals surface area (Å²) in [7, 11) is 2.01. The highest BCUT2D eigenvalue weighted by Crippen LogP contribution is 2.34. The first kappa shape index (κ1) is 26.2. The van der Waals surface area contributed by atoms with E-state index in [2.05, 4.69) is 24.8 Å². The number of hydrogen-bond donors (Lipinski definition) is 1. The molecule has 1 fully saturated rings. The van der Waals surface area contributed by atoms with Gasteiger partial charge in [0.2, 0.25) is 0 Å². The number of likely N-dealkylation sites (N-methyl/N-ethyl adjacent to an activating group) is 1. The van der Waals surface area contributed by atoms with Gasteiger partial charge in [-0.3, -0.25) is 4.79 Å². The second-order valence-electron chi connectivity index (χ2n) is 7.88. The van der Waals surface area contributed by atoms with Crippen molar-refractivity contribution in [2.75, 3.05) is 46.3 Å². The number of halogens is 6. The van der Waals surface area contributed by atoms with E-state index in [1.807, 2.05) is 7.05 Å². The van der Waals surface area contributed by atoms with E-state index < -0.39 is 34.8 Å². The Morgan fingerprint density at radius 2 is 1.82 bits per heavy atom. The van der Waals surface area contributed by atoms with Crippen molar-refractivity contribution in [3.05, 3.63) is 45.4 Å². The minimum atomic E-state index is -4.84. The van der Waals surface area contributed by atoms with Crippen LogP contribution in [0.15, 0.2) is 24.3 Å². The van der Waals surface area contributed by atoms with Crippen molar-refractivity contribution in [3.8, 4) is 5.75 Å². The van der Waals surface area contributed by atoms with Crippen LogP contribution in [-0.2, 0) is 19.0 Å². The molecular formula is C21H24F6N4O2S. The fourth-order valence-electron chi connectivity index (χ4n) is 3.44. The SMILES string of the molecule is CN1CCN(CCc2nc(C(F)(F)F)c(C(=O)NCCc3cccc(OC(F)(F)F)c3)s2)CC1. The van der Waals surface area contributed by atoms with Crippen molar-refractivity contribution in [2.24, 2.45) is 0 Å². The molecule has 1 aromatic heterocycles. The van der Waals surface area contributed by atoms with Gasteiger partial charge in [-0.2, -0.15) is 13.2 Å². The molecule has 0 bridgehead atoms. The van der Waals surface area contributed by atoms with Crippen molar-refractivity contribution in [1.82, 2.24) is 20.1 Å². The van der Waals surface area contributed by atoms with E-state index in [-0.39, 0.29) is 18.0 Å². The van der Waals surface area contributed by atoms with E-state index in [0.717, 1.165) is 38.3 Å². The number of carbonyl (C=O) groups excluding carboxylic acids is 1. The first-order valence-electron chi connectivity index (χ1n) is 10.5. The highest BCUT2D eigenvalue weighted by Gasteiger charge is 2.39. The highest BCUT2D eigenvalue weighted by atomic mass is 32.1. The third kappa shape index (κ3) is 7.84. The van der Waals surface area contributed by atoms with E-state index >= 15 is 0 Å². The van der Waals surface area contributed by atoms with Crippen LogP contribution >= 0.6 is 11.3 Å². The zero-order valence-electron chi connectivity index (χ0n) is 18.3. The predicted molar refractivity (Wildman–Crippen MR) is 114 cm³/mol. The number of carbonyl (C=O) groups is 1. The lowest BCUT2D eigenvalue weighted by Gasteiger charge is -2.32. The molecule has 13 heteroatoms. The van der Waals surface area contributed by atoms with Gasteiger partial charge in [0.25, 0.3) is 5.91 Å². The normalized spacial score (nSPS) is 16.0. The molecule has 1 amide bonds. The van der Waals surface area contributed by atoms with E-state index in [1.54, 1.807) is 0 Å². The molecule has 34 heavy (non-hydrogen) atoms. The van der Waals surface area contributed by atoms with E-state index in [0.29, 0.717) is 29.9 Å². The van der Waals surface area contributed by atoms with Crippen molar-refractivity contribution in [3.63, 3.8) is 0 Å². The Morgan fingerprint density at radius 3 is 2.47 bits per heavy atom. The third-order valence-electron chi connectivity index (χ3n) is 5.22. The predicted octanol–water partition coefficient (Wildman–Crippen LogP) is 3.82. The number of aromatic nitrogens is 1. The molecule has 0 unspecified atom stereocenters. The summed E-state index contributed by atoms with van der Waals surface area (Å²) in [6, 6.07) is 5.17. The molecule has 0 radical (unpaired) electrons. The van der Waals surface area contributed by atoms with Gasteiger partial charge in [0.15, 0.2) is 5.69 Å². The summed E-state index contributed by atoms with van der Waals surface area (Å²) in [4.78, 5) is 20.0. The molecule has 1 aliphatic rings. The van der Waals surface area contributed by atoms with E-state index in [4.69, 9.17) is 0 Å². The Labute approximate surface area is 196 Å². The van der Waals surface area contributed by atoms with Gasteiger partial charge < -0.3 is 19.9 Å². The average Bonchev–Trinajstić information content (AvgIpc) is 3.17. The smallest absolute Gasteiger partial charge is 0.406 e. The lowest BCUT2D eigenvalue weighted by molar-refractivity contribution is -0.274. The van der Waals surface area contributed by atoms with Gasteiger partial charge >= 0.3 is 12.5 Å². The lowest BCUT2D eigenvalue weighted by Crippen LogP contribution is -2.45. The van der Waals surface area contributed by atoms with Crippen LogP contribution in [0, 0.1) is 0 Å². The Balaban J connectivity index is 1.59. The van der Waals surface area contributed by atoms with Crippen LogP contribution in [0.4, 0.5) is 26.3 Å². The molecule has 1 saturated heterocycles. The zero-order valence-corrected chi connectivity index (χ0v) is 19.1. The van der Waals surface area contributed by atoms with Crippen molar-refractivity contribution in [1.29, 1.82) is 0 Å². The first-order valence-corrected chi connectivity index (χ1v) is 11.3. The molecule has 0 spiro atoms. The van der Waals surface area contributed by atoms with Gasteiger partial charge in [0, 0.05) is 45.7 Å². The molecule has 2 aromatic rings. The maximum absolute atomic E-state index is 13.5. The summed E-state index contributed by atoms with van der Waals surface area (Å²) >= 11 is 0.713. The number of alkyl halides is 6. The Bertz CT molecular complexity index is 971. The molecular weight excluding hydrogens is 486 g/mol. The number of thiazole rings is 1. The van der Waals surface area contributed by atoms with Gasteiger partial charge in [-0.05, 0) is 31.2 Å². The van der Waals surface area contributed by atoms with Crippen LogP contribution in [0.5, 0.6) is 5.75 Å². The van der Waals surface area contributed by atoms with Crippen molar-refractivity contribution in [2.45, 2.75) is 25.4 Å². The molecule has 6 nitrogen and oxygen atoms in total. The van der Waals surface area contributed by atoms with Gasteiger partial charge in [0.05, 0.1) is 5.01 Å². The van der Waals surface area contributed by atoms with Crippen LogP contribution in [0.3, 0.4) is 0 Å². The summed E-state index contributed by atoms with van der Waals surface area (Å²) in [6.45, 7) is 3.87. The van der Waals surface area contributed by atoms with Crippen LogP contribution in [0.2, 0.25) is 0 Å². The monoisotopic (exact) mass is 510 g/mol. The summed E-state index contributed by atoms with van der Waals surface area (Å²) in [6.07, 6.45) is -9.21.